The SMILES string of the molecule is CC(C)Cl.CC(Cl)Cc1c(Cl)cc(Cl)cc1Cl. The molecule has 0 aromatic heterocycles. The van der Waals surface area contributed by atoms with Crippen molar-refractivity contribution in [3.05, 3.63) is 32.8 Å². The molecule has 0 heterocycles. The van der Waals surface area contributed by atoms with Crippen LogP contribution in [0, 0.1) is 0 Å². The third kappa shape index (κ3) is 8.40. The topological polar surface area (TPSA) is 0 Å². The molecule has 0 saturated heterocycles. The van der Waals surface area contributed by atoms with Crippen LogP contribution in [0.3, 0.4) is 0 Å². The molecule has 0 nitrogen and oxygen atoms in total. The van der Waals surface area contributed by atoms with Crippen LogP contribution in [0.2, 0.25) is 15.1 Å². The lowest BCUT2D eigenvalue weighted by atomic mass is 10.1. The van der Waals surface area contributed by atoms with Gasteiger partial charge in [-0.3, -0.25) is 0 Å². The number of benzene rings is 1. The van der Waals surface area contributed by atoms with Crippen molar-refractivity contribution in [3.63, 3.8) is 0 Å². The predicted octanol–water partition coefficient (Wildman–Crippen LogP) is 6.45. The summed E-state index contributed by atoms with van der Waals surface area (Å²) in [6.45, 7) is 5.76. The van der Waals surface area contributed by atoms with Crippen molar-refractivity contribution < 1.29 is 0 Å². The summed E-state index contributed by atoms with van der Waals surface area (Å²) in [5, 5.41) is 2.01. The van der Waals surface area contributed by atoms with Gasteiger partial charge in [-0.15, -0.1) is 23.2 Å². The normalized spacial score (nSPS) is 12.1. The van der Waals surface area contributed by atoms with E-state index in [0.717, 1.165) is 5.56 Å². The molecule has 17 heavy (non-hydrogen) atoms. The number of halogens is 5. The summed E-state index contributed by atoms with van der Waals surface area (Å²) >= 11 is 28.8. The zero-order valence-electron chi connectivity index (χ0n) is 9.91. The highest BCUT2D eigenvalue weighted by Gasteiger charge is 2.09. The molecule has 0 aliphatic rings. The van der Waals surface area contributed by atoms with Crippen molar-refractivity contribution in [2.24, 2.45) is 0 Å². The third-order valence-corrected chi connectivity index (χ3v) is 2.64. The van der Waals surface area contributed by atoms with E-state index in [1.165, 1.54) is 0 Å². The maximum Gasteiger partial charge on any atom is 0.0468 e. The molecule has 0 spiro atoms. The Hall–Kier alpha value is 0.670. The zero-order valence-corrected chi connectivity index (χ0v) is 13.7. The fourth-order valence-electron chi connectivity index (χ4n) is 1.05. The number of hydrogen-bond donors (Lipinski definition) is 0. The first-order valence-corrected chi connectivity index (χ1v) is 7.16. The van der Waals surface area contributed by atoms with Gasteiger partial charge in [0.15, 0.2) is 0 Å². The van der Waals surface area contributed by atoms with Crippen molar-refractivity contribution in [1.29, 1.82) is 0 Å². The second-order valence-electron chi connectivity index (χ2n) is 3.85. The molecule has 0 radical (unpaired) electrons. The molecule has 0 aliphatic carbocycles. The van der Waals surface area contributed by atoms with Gasteiger partial charge in [0.25, 0.3) is 0 Å². The van der Waals surface area contributed by atoms with Crippen LogP contribution in [0.5, 0.6) is 0 Å². The first-order chi connectivity index (χ1) is 7.73. The van der Waals surface area contributed by atoms with Gasteiger partial charge in [0, 0.05) is 25.8 Å². The first kappa shape index (κ1) is 17.7. The Morgan fingerprint density at radius 2 is 1.29 bits per heavy atom. The quantitative estimate of drug-likeness (QED) is 0.544. The van der Waals surface area contributed by atoms with Crippen molar-refractivity contribution >= 4 is 58.0 Å². The molecular weight excluding hydrogens is 321 g/mol. The minimum absolute atomic E-state index is 0.0103. The Balaban J connectivity index is 0.000000557. The maximum absolute atomic E-state index is 5.95. The molecule has 98 valence electrons. The van der Waals surface area contributed by atoms with Gasteiger partial charge in [-0.1, -0.05) is 34.8 Å². The lowest BCUT2D eigenvalue weighted by Crippen LogP contribution is -1.98. The average molecular weight is 337 g/mol. The van der Waals surface area contributed by atoms with E-state index in [4.69, 9.17) is 58.0 Å². The summed E-state index contributed by atoms with van der Waals surface area (Å²) < 4.78 is 0. The lowest BCUT2D eigenvalue weighted by Gasteiger charge is -2.08. The molecule has 0 bridgehead atoms. The van der Waals surface area contributed by atoms with Gasteiger partial charge in [0.2, 0.25) is 0 Å². The molecule has 1 rings (SSSR count). The summed E-state index contributed by atoms with van der Waals surface area (Å²) in [7, 11) is 0. The van der Waals surface area contributed by atoms with Crippen LogP contribution in [0.25, 0.3) is 0 Å². The molecule has 1 unspecified atom stereocenters. The van der Waals surface area contributed by atoms with Gasteiger partial charge >= 0.3 is 0 Å². The van der Waals surface area contributed by atoms with E-state index >= 15 is 0 Å². The van der Waals surface area contributed by atoms with Crippen molar-refractivity contribution in [2.75, 3.05) is 0 Å². The van der Waals surface area contributed by atoms with E-state index in [9.17, 15) is 0 Å². The van der Waals surface area contributed by atoms with Crippen LogP contribution in [-0.4, -0.2) is 10.8 Å². The van der Waals surface area contributed by atoms with Gasteiger partial charge in [-0.2, -0.15) is 0 Å². The minimum atomic E-state index is 0.0103. The van der Waals surface area contributed by atoms with E-state index in [1.807, 2.05) is 20.8 Å². The fourth-order valence-corrected chi connectivity index (χ4v) is 2.17. The molecule has 0 amide bonds. The van der Waals surface area contributed by atoms with Gasteiger partial charge in [-0.05, 0) is 44.9 Å². The van der Waals surface area contributed by atoms with Gasteiger partial charge < -0.3 is 0 Å². The van der Waals surface area contributed by atoms with Crippen LogP contribution >= 0.6 is 58.0 Å². The van der Waals surface area contributed by atoms with Gasteiger partial charge in [-0.25, -0.2) is 0 Å². The molecule has 1 aromatic rings. The zero-order chi connectivity index (χ0) is 13.6. The van der Waals surface area contributed by atoms with Gasteiger partial charge in [0.05, 0.1) is 0 Å². The Labute approximate surface area is 128 Å². The maximum atomic E-state index is 5.95. The Kier molecular flexibility index (Phi) is 9.06. The highest BCUT2D eigenvalue weighted by Crippen LogP contribution is 2.30. The fraction of sp³-hybridized carbons (Fsp3) is 0.500. The van der Waals surface area contributed by atoms with E-state index in [-0.39, 0.29) is 5.38 Å². The van der Waals surface area contributed by atoms with Crippen LogP contribution in [-0.2, 0) is 6.42 Å². The standard InChI is InChI=1S/C9H8Cl4.C3H7Cl/c1-5(10)2-7-8(12)3-6(11)4-9(7)13;1-3(2)4/h3-5H,2H2,1H3;3H,1-2H3. The summed E-state index contributed by atoms with van der Waals surface area (Å²) in [6.07, 6.45) is 0.649. The molecule has 5 heteroatoms. The first-order valence-electron chi connectivity index (χ1n) is 5.15. The molecular formula is C12H15Cl5. The number of rotatable bonds is 2. The summed E-state index contributed by atoms with van der Waals surface area (Å²) in [5.41, 5.74) is 0.857. The van der Waals surface area contributed by atoms with Crippen molar-refractivity contribution in [3.8, 4) is 0 Å². The Morgan fingerprint density at radius 1 is 0.941 bits per heavy atom. The minimum Gasteiger partial charge on any atom is -0.124 e. The Morgan fingerprint density at radius 3 is 1.59 bits per heavy atom. The van der Waals surface area contributed by atoms with E-state index < -0.39 is 0 Å². The molecule has 0 saturated carbocycles. The van der Waals surface area contributed by atoms with Crippen LogP contribution < -0.4 is 0 Å². The molecule has 0 aliphatic heterocycles. The van der Waals surface area contributed by atoms with E-state index in [1.54, 1.807) is 12.1 Å². The molecule has 0 fully saturated rings. The third-order valence-electron chi connectivity index (χ3n) is 1.59. The van der Waals surface area contributed by atoms with Crippen molar-refractivity contribution in [1.82, 2.24) is 0 Å². The molecule has 0 N–H and O–H groups in total. The second kappa shape index (κ2) is 8.72. The smallest absolute Gasteiger partial charge is 0.0468 e. The largest absolute Gasteiger partial charge is 0.124 e. The summed E-state index contributed by atoms with van der Waals surface area (Å²) in [6, 6.07) is 3.34. The summed E-state index contributed by atoms with van der Waals surface area (Å²) in [5.74, 6) is 0. The summed E-state index contributed by atoms with van der Waals surface area (Å²) in [4.78, 5) is 0. The number of hydrogen-bond acceptors (Lipinski definition) is 0. The van der Waals surface area contributed by atoms with E-state index in [2.05, 4.69) is 0 Å². The average Bonchev–Trinajstić information content (AvgIpc) is 2.09. The predicted molar refractivity (Wildman–Crippen MR) is 81.5 cm³/mol. The highest BCUT2D eigenvalue weighted by molar-refractivity contribution is 6.39. The molecule has 1 aromatic carbocycles. The lowest BCUT2D eigenvalue weighted by molar-refractivity contribution is 0.932. The second-order valence-corrected chi connectivity index (χ2v) is 6.72. The monoisotopic (exact) mass is 334 g/mol. The van der Waals surface area contributed by atoms with Crippen LogP contribution in [0.1, 0.15) is 26.3 Å². The van der Waals surface area contributed by atoms with Crippen LogP contribution in [0.15, 0.2) is 12.1 Å². The van der Waals surface area contributed by atoms with E-state index in [0.29, 0.717) is 26.9 Å². The highest BCUT2D eigenvalue weighted by atomic mass is 35.5. The van der Waals surface area contributed by atoms with Crippen LogP contribution in [0.4, 0.5) is 0 Å². The van der Waals surface area contributed by atoms with Crippen molar-refractivity contribution in [2.45, 2.75) is 37.9 Å². The molecule has 1 atom stereocenters. The number of alkyl halides is 2. The van der Waals surface area contributed by atoms with Gasteiger partial charge in [0.1, 0.15) is 0 Å². The Bertz CT molecular complexity index is 321.